The highest BCUT2D eigenvalue weighted by Gasteiger charge is 2.29. The summed E-state index contributed by atoms with van der Waals surface area (Å²) in [5, 5.41) is 3.86. The molecule has 0 heterocycles. The van der Waals surface area contributed by atoms with E-state index >= 15 is 0 Å². The van der Waals surface area contributed by atoms with E-state index in [1.807, 2.05) is 0 Å². The number of nitrogens with one attached hydrogen (secondary N) is 1. The van der Waals surface area contributed by atoms with Crippen LogP contribution < -0.4 is 10.2 Å². The molecule has 1 aliphatic carbocycles. The molecule has 1 amide bonds. The number of hydrogen-bond acceptors (Lipinski definition) is 3. The number of halogens is 2. The molecule has 1 fully saturated rings. The lowest BCUT2D eigenvalue weighted by Crippen LogP contribution is -2.19. The molecule has 6 heteroatoms. The zero-order valence-electron chi connectivity index (χ0n) is 11.3. The number of hydrazone groups is 1. The predicted molar refractivity (Wildman–Crippen MR) is 71.0 cm³/mol. The molecule has 108 valence electrons. The van der Waals surface area contributed by atoms with Gasteiger partial charge in [-0.25, -0.2) is 5.43 Å². The Balaban J connectivity index is 2.05. The zero-order chi connectivity index (χ0) is 14.7. The highest BCUT2D eigenvalue weighted by Crippen LogP contribution is 2.28. The standard InChI is InChI=1S/C14H16F2N2O2/c1-8-5-10(6-9(2)12(8)20-14(15)16)7-17-18-13(19)11-3-4-11/h5-7,11,14H,3-4H2,1-2H3,(H,18,19)/b17-7-. The van der Waals surface area contributed by atoms with Crippen LogP contribution in [0, 0.1) is 19.8 Å². The molecule has 1 aromatic rings. The molecule has 4 nitrogen and oxygen atoms in total. The summed E-state index contributed by atoms with van der Waals surface area (Å²) in [4.78, 5) is 11.4. The van der Waals surface area contributed by atoms with Gasteiger partial charge in [-0.2, -0.15) is 13.9 Å². The quantitative estimate of drug-likeness (QED) is 0.667. The van der Waals surface area contributed by atoms with Gasteiger partial charge in [0.1, 0.15) is 5.75 Å². The molecule has 1 aromatic carbocycles. The van der Waals surface area contributed by atoms with E-state index in [1.54, 1.807) is 26.0 Å². The number of nitrogens with zero attached hydrogens (tertiary/aromatic N) is 1. The van der Waals surface area contributed by atoms with E-state index in [0.717, 1.165) is 18.4 Å². The Hall–Kier alpha value is -1.98. The average molecular weight is 282 g/mol. The summed E-state index contributed by atoms with van der Waals surface area (Å²) in [6, 6.07) is 3.36. The Morgan fingerprint density at radius 1 is 1.40 bits per heavy atom. The number of ether oxygens (including phenoxy) is 1. The van der Waals surface area contributed by atoms with Gasteiger partial charge in [-0.15, -0.1) is 0 Å². The fourth-order valence-corrected chi connectivity index (χ4v) is 1.94. The largest absolute Gasteiger partial charge is 0.434 e. The molecule has 0 atom stereocenters. The third kappa shape index (κ3) is 3.76. The lowest BCUT2D eigenvalue weighted by molar-refractivity contribution is -0.122. The van der Waals surface area contributed by atoms with Gasteiger partial charge in [0, 0.05) is 5.92 Å². The summed E-state index contributed by atoms with van der Waals surface area (Å²) in [5.41, 5.74) is 4.37. The molecule has 0 radical (unpaired) electrons. The summed E-state index contributed by atoms with van der Waals surface area (Å²) >= 11 is 0. The van der Waals surface area contributed by atoms with E-state index in [0.29, 0.717) is 11.1 Å². The Kier molecular flexibility index (Phi) is 4.32. The molecular formula is C14H16F2N2O2. The maximum Gasteiger partial charge on any atom is 0.387 e. The minimum absolute atomic E-state index is 0.0765. The molecule has 0 aliphatic heterocycles. The van der Waals surface area contributed by atoms with Crippen LogP contribution in [-0.4, -0.2) is 18.7 Å². The highest BCUT2D eigenvalue weighted by molar-refractivity contribution is 5.84. The molecule has 20 heavy (non-hydrogen) atoms. The lowest BCUT2D eigenvalue weighted by Gasteiger charge is -2.11. The van der Waals surface area contributed by atoms with Crippen molar-refractivity contribution in [1.29, 1.82) is 0 Å². The van der Waals surface area contributed by atoms with Crippen molar-refractivity contribution < 1.29 is 18.3 Å². The second-order valence-corrected chi connectivity index (χ2v) is 4.87. The first-order chi connectivity index (χ1) is 9.47. The van der Waals surface area contributed by atoms with Crippen molar-refractivity contribution >= 4 is 12.1 Å². The Morgan fingerprint density at radius 2 is 2.00 bits per heavy atom. The summed E-state index contributed by atoms with van der Waals surface area (Å²) in [7, 11) is 0. The molecule has 0 spiro atoms. The Labute approximate surface area is 115 Å². The maximum absolute atomic E-state index is 12.3. The van der Waals surface area contributed by atoms with Crippen molar-refractivity contribution in [2.24, 2.45) is 11.0 Å². The SMILES string of the molecule is Cc1cc(/C=N\NC(=O)C2CC2)cc(C)c1OC(F)F. The minimum Gasteiger partial charge on any atom is -0.434 e. The molecule has 0 unspecified atom stereocenters. The van der Waals surface area contributed by atoms with Gasteiger partial charge < -0.3 is 4.74 Å². The first-order valence-corrected chi connectivity index (χ1v) is 6.36. The van der Waals surface area contributed by atoms with E-state index in [9.17, 15) is 13.6 Å². The average Bonchev–Trinajstić information content (AvgIpc) is 3.17. The zero-order valence-corrected chi connectivity index (χ0v) is 11.3. The molecule has 1 aliphatic rings. The van der Waals surface area contributed by atoms with Crippen LogP contribution in [0.1, 0.15) is 29.5 Å². The topological polar surface area (TPSA) is 50.7 Å². The minimum atomic E-state index is -2.84. The van der Waals surface area contributed by atoms with Crippen molar-refractivity contribution in [2.75, 3.05) is 0 Å². The summed E-state index contributed by atoms with van der Waals surface area (Å²) < 4.78 is 29.0. The van der Waals surface area contributed by atoms with Crippen LogP contribution >= 0.6 is 0 Å². The van der Waals surface area contributed by atoms with Crippen LogP contribution in [0.25, 0.3) is 0 Å². The highest BCUT2D eigenvalue weighted by atomic mass is 19.3. The van der Waals surface area contributed by atoms with E-state index in [1.165, 1.54) is 6.21 Å². The normalized spacial score (nSPS) is 14.8. The van der Waals surface area contributed by atoms with E-state index < -0.39 is 6.61 Å². The van der Waals surface area contributed by atoms with Crippen molar-refractivity contribution in [3.8, 4) is 5.75 Å². The number of rotatable bonds is 5. The number of hydrogen-bond donors (Lipinski definition) is 1. The molecule has 1 N–H and O–H groups in total. The number of benzene rings is 1. The summed E-state index contributed by atoms with van der Waals surface area (Å²) in [6.07, 6.45) is 3.32. The summed E-state index contributed by atoms with van der Waals surface area (Å²) in [5.74, 6) is 0.198. The first kappa shape index (κ1) is 14.4. The fraction of sp³-hybridized carbons (Fsp3) is 0.429. The molecule has 1 saturated carbocycles. The third-order valence-corrected chi connectivity index (χ3v) is 3.03. The number of amides is 1. The number of aryl methyl sites for hydroxylation is 2. The molecule has 0 aromatic heterocycles. The third-order valence-electron chi connectivity index (χ3n) is 3.03. The van der Waals surface area contributed by atoms with Gasteiger partial charge >= 0.3 is 6.61 Å². The van der Waals surface area contributed by atoms with Gasteiger partial charge in [0.05, 0.1) is 6.21 Å². The van der Waals surface area contributed by atoms with Gasteiger partial charge in [0.25, 0.3) is 0 Å². The Bertz CT molecular complexity index is 517. The molecule has 0 bridgehead atoms. The molecule has 2 rings (SSSR count). The first-order valence-electron chi connectivity index (χ1n) is 6.36. The van der Waals surface area contributed by atoms with Crippen LogP contribution in [0.5, 0.6) is 5.75 Å². The van der Waals surface area contributed by atoms with E-state index in [4.69, 9.17) is 0 Å². The van der Waals surface area contributed by atoms with Crippen molar-refractivity contribution in [2.45, 2.75) is 33.3 Å². The number of alkyl halides is 2. The number of carbonyl (C=O) groups is 1. The van der Waals surface area contributed by atoms with Crippen LogP contribution in [0.15, 0.2) is 17.2 Å². The van der Waals surface area contributed by atoms with Gasteiger partial charge in [0.15, 0.2) is 0 Å². The van der Waals surface area contributed by atoms with Gasteiger partial charge in [-0.3, -0.25) is 4.79 Å². The fourth-order valence-electron chi connectivity index (χ4n) is 1.94. The predicted octanol–water partition coefficient (Wildman–Crippen LogP) is 2.76. The van der Waals surface area contributed by atoms with E-state index in [-0.39, 0.29) is 17.6 Å². The van der Waals surface area contributed by atoms with Gasteiger partial charge in [-0.05, 0) is 55.5 Å². The van der Waals surface area contributed by atoms with Crippen molar-refractivity contribution in [3.63, 3.8) is 0 Å². The van der Waals surface area contributed by atoms with Crippen molar-refractivity contribution in [3.05, 3.63) is 28.8 Å². The molecular weight excluding hydrogens is 266 g/mol. The maximum atomic E-state index is 12.3. The van der Waals surface area contributed by atoms with Crippen LogP contribution in [-0.2, 0) is 4.79 Å². The van der Waals surface area contributed by atoms with Crippen LogP contribution in [0.3, 0.4) is 0 Å². The molecule has 0 saturated heterocycles. The monoisotopic (exact) mass is 282 g/mol. The Morgan fingerprint density at radius 3 is 2.50 bits per heavy atom. The van der Waals surface area contributed by atoms with Crippen LogP contribution in [0.2, 0.25) is 0 Å². The van der Waals surface area contributed by atoms with Crippen LogP contribution in [0.4, 0.5) is 8.78 Å². The second kappa shape index (κ2) is 5.98. The number of carbonyl (C=O) groups excluding carboxylic acids is 1. The van der Waals surface area contributed by atoms with Gasteiger partial charge in [0.2, 0.25) is 5.91 Å². The van der Waals surface area contributed by atoms with E-state index in [2.05, 4.69) is 15.3 Å². The second-order valence-electron chi connectivity index (χ2n) is 4.87. The smallest absolute Gasteiger partial charge is 0.387 e. The van der Waals surface area contributed by atoms with Gasteiger partial charge in [-0.1, -0.05) is 0 Å². The summed E-state index contributed by atoms with van der Waals surface area (Å²) in [6.45, 7) is 0.528. The lowest BCUT2D eigenvalue weighted by atomic mass is 10.1. The van der Waals surface area contributed by atoms with Crippen molar-refractivity contribution in [1.82, 2.24) is 5.43 Å².